The maximum Gasteiger partial charge on any atom is 0.257 e. The first-order chi connectivity index (χ1) is 9.63. The zero-order valence-corrected chi connectivity index (χ0v) is 12.5. The quantitative estimate of drug-likeness (QED) is 0.715. The Morgan fingerprint density at radius 1 is 1.20 bits per heavy atom. The number of anilines is 1. The van der Waals surface area contributed by atoms with E-state index in [2.05, 4.69) is 26.2 Å². The Kier molecular flexibility index (Phi) is 3.32. The van der Waals surface area contributed by atoms with Crippen LogP contribution in [0.4, 0.5) is 5.69 Å². The number of aryl methyl sites for hydroxylation is 1. The number of amides is 1. The fourth-order valence-corrected chi connectivity index (χ4v) is 2.89. The molecule has 0 saturated heterocycles. The number of rotatable bonds is 2. The standard InChI is InChI=1S/C16H13BrN2O/c1-10-7-12(17)9-13(8-10)19-16(20)14-4-2-3-11-5-6-18-15(11)14/h2-9,18H,1H3,(H,19,20). The molecule has 0 aliphatic heterocycles. The minimum atomic E-state index is -0.115. The molecule has 0 aliphatic carbocycles. The third-order valence-corrected chi connectivity index (χ3v) is 3.59. The lowest BCUT2D eigenvalue weighted by molar-refractivity contribution is 0.102. The molecule has 1 aromatic heterocycles. The van der Waals surface area contributed by atoms with Crippen LogP contribution in [0.3, 0.4) is 0 Å². The second-order valence-corrected chi connectivity index (χ2v) is 5.63. The first-order valence-electron chi connectivity index (χ1n) is 6.28. The van der Waals surface area contributed by atoms with Gasteiger partial charge in [0.05, 0.1) is 11.1 Å². The molecule has 3 nitrogen and oxygen atoms in total. The molecule has 2 aromatic carbocycles. The molecule has 0 aliphatic rings. The molecule has 20 heavy (non-hydrogen) atoms. The number of hydrogen-bond donors (Lipinski definition) is 2. The van der Waals surface area contributed by atoms with Gasteiger partial charge in [0, 0.05) is 21.7 Å². The lowest BCUT2D eigenvalue weighted by Gasteiger charge is -2.08. The number of H-pyrrole nitrogens is 1. The summed E-state index contributed by atoms with van der Waals surface area (Å²) in [6.45, 7) is 1.99. The van der Waals surface area contributed by atoms with Crippen molar-refractivity contribution in [2.75, 3.05) is 5.32 Å². The van der Waals surface area contributed by atoms with Gasteiger partial charge < -0.3 is 10.3 Å². The highest BCUT2D eigenvalue weighted by molar-refractivity contribution is 9.10. The number of aromatic amines is 1. The van der Waals surface area contributed by atoms with Gasteiger partial charge in [-0.15, -0.1) is 0 Å². The van der Waals surface area contributed by atoms with Crippen LogP contribution in [-0.2, 0) is 0 Å². The lowest BCUT2D eigenvalue weighted by atomic mass is 10.1. The molecule has 3 aromatic rings. The van der Waals surface area contributed by atoms with Crippen LogP contribution in [0.15, 0.2) is 53.1 Å². The minimum Gasteiger partial charge on any atom is -0.361 e. The number of carbonyl (C=O) groups excluding carboxylic acids is 1. The Morgan fingerprint density at radius 3 is 2.85 bits per heavy atom. The average molecular weight is 329 g/mol. The molecule has 0 spiro atoms. The van der Waals surface area contributed by atoms with Crippen molar-refractivity contribution in [1.82, 2.24) is 4.98 Å². The summed E-state index contributed by atoms with van der Waals surface area (Å²) in [5.41, 5.74) is 3.38. The van der Waals surface area contributed by atoms with E-state index in [-0.39, 0.29) is 5.91 Å². The van der Waals surface area contributed by atoms with Crippen molar-refractivity contribution < 1.29 is 4.79 Å². The van der Waals surface area contributed by atoms with Crippen LogP contribution in [0, 0.1) is 6.92 Å². The first kappa shape index (κ1) is 12.9. The van der Waals surface area contributed by atoms with Gasteiger partial charge in [-0.3, -0.25) is 4.79 Å². The van der Waals surface area contributed by atoms with Gasteiger partial charge in [0.25, 0.3) is 5.91 Å². The van der Waals surface area contributed by atoms with E-state index in [1.54, 1.807) is 0 Å². The second-order valence-electron chi connectivity index (χ2n) is 4.72. The van der Waals surface area contributed by atoms with Crippen molar-refractivity contribution in [3.05, 3.63) is 64.3 Å². The number of para-hydroxylation sites is 1. The van der Waals surface area contributed by atoms with Crippen molar-refractivity contribution in [2.45, 2.75) is 6.92 Å². The van der Waals surface area contributed by atoms with E-state index in [1.165, 1.54) is 0 Å². The number of hydrogen-bond acceptors (Lipinski definition) is 1. The van der Waals surface area contributed by atoms with Gasteiger partial charge in [0.15, 0.2) is 0 Å². The van der Waals surface area contributed by atoms with Crippen LogP contribution >= 0.6 is 15.9 Å². The van der Waals surface area contributed by atoms with Crippen LogP contribution < -0.4 is 5.32 Å². The van der Waals surface area contributed by atoms with Crippen LogP contribution in [0.5, 0.6) is 0 Å². The van der Waals surface area contributed by atoms with Gasteiger partial charge in [-0.25, -0.2) is 0 Å². The molecule has 0 unspecified atom stereocenters. The topological polar surface area (TPSA) is 44.9 Å². The molecule has 0 atom stereocenters. The van der Waals surface area contributed by atoms with E-state index >= 15 is 0 Å². The molecule has 0 saturated carbocycles. The molecule has 0 fully saturated rings. The van der Waals surface area contributed by atoms with Gasteiger partial charge in [0.2, 0.25) is 0 Å². The van der Waals surface area contributed by atoms with E-state index in [9.17, 15) is 4.79 Å². The summed E-state index contributed by atoms with van der Waals surface area (Å²) in [7, 11) is 0. The van der Waals surface area contributed by atoms with Crippen molar-refractivity contribution >= 4 is 38.4 Å². The summed E-state index contributed by atoms with van der Waals surface area (Å²) in [4.78, 5) is 15.5. The van der Waals surface area contributed by atoms with E-state index < -0.39 is 0 Å². The number of carbonyl (C=O) groups is 1. The summed E-state index contributed by atoms with van der Waals surface area (Å²) in [6.07, 6.45) is 1.84. The highest BCUT2D eigenvalue weighted by Crippen LogP contribution is 2.22. The molecule has 2 N–H and O–H groups in total. The number of benzene rings is 2. The molecule has 0 bridgehead atoms. The average Bonchev–Trinajstić information content (AvgIpc) is 2.85. The van der Waals surface area contributed by atoms with E-state index in [4.69, 9.17) is 0 Å². The van der Waals surface area contributed by atoms with Crippen molar-refractivity contribution in [2.24, 2.45) is 0 Å². The summed E-state index contributed by atoms with van der Waals surface area (Å²) in [5.74, 6) is -0.115. The predicted molar refractivity (Wildman–Crippen MR) is 85.1 cm³/mol. The summed E-state index contributed by atoms with van der Waals surface area (Å²) >= 11 is 3.44. The number of aromatic nitrogens is 1. The summed E-state index contributed by atoms with van der Waals surface area (Å²) in [6, 6.07) is 13.5. The minimum absolute atomic E-state index is 0.115. The van der Waals surface area contributed by atoms with Crippen LogP contribution in [-0.4, -0.2) is 10.9 Å². The summed E-state index contributed by atoms with van der Waals surface area (Å²) in [5, 5.41) is 3.96. The van der Waals surface area contributed by atoms with Crippen LogP contribution in [0.1, 0.15) is 15.9 Å². The molecule has 3 rings (SSSR count). The Labute approximate surface area is 125 Å². The first-order valence-corrected chi connectivity index (χ1v) is 7.07. The molecule has 4 heteroatoms. The third-order valence-electron chi connectivity index (χ3n) is 3.13. The smallest absolute Gasteiger partial charge is 0.257 e. The van der Waals surface area contributed by atoms with E-state index in [0.29, 0.717) is 5.56 Å². The third kappa shape index (κ3) is 2.47. The fourth-order valence-electron chi connectivity index (χ4n) is 2.28. The molecule has 0 radical (unpaired) electrons. The van der Waals surface area contributed by atoms with E-state index in [1.807, 2.05) is 55.6 Å². The molecular weight excluding hydrogens is 316 g/mol. The lowest BCUT2D eigenvalue weighted by Crippen LogP contribution is -2.12. The van der Waals surface area contributed by atoms with Crippen molar-refractivity contribution in [1.29, 1.82) is 0 Å². The Balaban J connectivity index is 1.95. The Hall–Kier alpha value is -2.07. The van der Waals surface area contributed by atoms with Gasteiger partial charge in [-0.05, 0) is 42.8 Å². The predicted octanol–water partition coefficient (Wildman–Crippen LogP) is 4.49. The maximum atomic E-state index is 12.4. The molecular formula is C16H13BrN2O. The van der Waals surface area contributed by atoms with E-state index in [0.717, 1.165) is 26.6 Å². The molecule has 1 heterocycles. The zero-order valence-electron chi connectivity index (χ0n) is 10.9. The van der Waals surface area contributed by atoms with Crippen LogP contribution in [0.25, 0.3) is 10.9 Å². The highest BCUT2D eigenvalue weighted by atomic mass is 79.9. The molecule has 100 valence electrons. The van der Waals surface area contributed by atoms with Gasteiger partial charge in [-0.1, -0.05) is 28.1 Å². The number of nitrogens with one attached hydrogen (secondary N) is 2. The Bertz CT molecular complexity index is 772. The van der Waals surface area contributed by atoms with Crippen molar-refractivity contribution in [3.63, 3.8) is 0 Å². The zero-order chi connectivity index (χ0) is 14.1. The SMILES string of the molecule is Cc1cc(Br)cc(NC(=O)c2cccc3cc[nH]c23)c1. The fraction of sp³-hybridized carbons (Fsp3) is 0.0625. The monoisotopic (exact) mass is 328 g/mol. The number of halogens is 1. The number of fused-ring (bicyclic) bond motifs is 1. The normalized spacial score (nSPS) is 10.7. The second kappa shape index (κ2) is 5.13. The van der Waals surface area contributed by atoms with Crippen molar-refractivity contribution in [3.8, 4) is 0 Å². The van der Waals surface area contributed by atoms with Gasteiger partial charge >= 0.3 is 0 Å². The Morgan fingerprint density at radius 2 is 2.05 bits per heavy atom. The highest BCUT2D eigenvalue weighted by Gasteiger charge is 2.11. The van der Waals surface area contributed by atoms with Gasteiger partial charge in [0.1, 0.15) is 0 Å². The largest absolute Gasteiger partial charge is 0.361 e. The van der Waals surface area contributed by atoms with Gasteiger partial charge in [-0.2, -0.15) is 0 Å². The summed E-state index contributed by atoms with van der Waals surface area (Å²) < 4.78 is 0.950. The molecule has 1 amide bonds. The maximum absolute atomic E-state index is 12.4. The van der Waals surface area contributed by atoms with Crippen LogP contribution in [0.2, 0.25) is 0 Å².